The van der Waals surface area contributed by atoms with Crippen LogP contribution in [0.1, 0.15) is 33.3 Å². The summed E-state index contributed by atoms with van der Waals surface area (Å²) in [5.41, 5.74) is -1.04. The molecule has 0 amide bonds. The molecule has 2 rings (SSSR count). The second-order valence-electron chi connectivity index (χ2n) is 6.86. The van der Waals surface area contributed by atoms with Crippen molar-refractivity contribution in [1.82, 2.24) is 0 Å². The molecule has 0 aliphatic carbocycles. The number of nitrogens with zero attached hydrogens (tertiary/aromatic N) is 3. The van der Waals surface area contributed by atoms with Gasteiger partial charge in [-0.05, 0) is 26.0 Å². The van der Waals surface area contributed by atoms with Gasteiger partial charge >= 0.3 is 0 Å². The van der Waals surface area contributed by atoms with Crippen LogP contribution in [0.5, 0.6) is 0 Å². The van der Waals surface area contributed by atoms with E-state index in [1.807, 2.05) is 27.7 Å². The average Bonchev–Trinajstić information content (AvgIpc) is 2.77. The van der Waals surface area contributed by atoms with Crippen LogP contribution in [0.2, 0.25) is 0 Å². The quantitative estimate of drug-likeness (QED) is 0.838. The lowest BCUT2D eigenvalue weighted by Gasteiger charge is -2.37. The Morgan fingerprint density at radius 2 is 1.77 bits per heavy atom. The molecule has 0 unspecified atom stereocenters. The third-order valence-electron chi connectivity index (χ3n) is 4.25. The first kappa shape index (κ1) is 16.6. The van der Waals surface area contributed by atoms with Crippen LogP contribution in [0, 0.1) is 23.7 Å². The predicted molar refractivity (Wildman–Crippen MR) is 84.3 cm³/mol. The number of azo groups is 1. The Kier molecular flexibility index (Phi) is 3.90. The first-order valence-corrected chi connectivity index (χ1v) is 8.75. The molecule has 0 saturated carbocycles. The van der Waals surface area contributed by atoms with Crippen LogP contribution < -0.4 is 0 Å². The highest BCUT2D eigenvalue weighted by molar-refractivity contribution is 7.92. The lowest BCUT2D eigenvalue weighted by atomic mass is 9.72. The molecule has 118 valence electrons. The minimum atomic E-state index is -3.72. The van der Waals surface area contributed by atoms with Crippen molar-refractivity contribution in [3.63, 3.8) is 0 Å². The molecule has 5 nitrogen and oxygen atoms in total. The van der Waals surface area contributed by atoms with Gasteiger partial charge in [-0.1, -0.05) is 38.5 Å². The fraction of sp³-hybridized carbons (Fsp3) is 0.562. The topological polar surface area (TPSA) is 82.7 Å². The molecule has 1 heterocycles. The van der Waals surface area contributed by atoms with Crippen LogP contribution >= 0.6 is 0 Å². The maximum Gasteiger partial charge on any atom is 0.191 e. The monoisotopic (exact) mass is 319 g/mol. The summed E-state index contributed by atoms with van der Waals surface area (Å²) in [6.45, 7) is 9.07. The first-order valence-electron chi connectivity index (χ1n) is 7.20. The van der Waals surface area contributed by atoms with E-state index in [0.717, 1.165) is 5.56 Å². The van der Waals surface area contributed by atoms with Gasteiger partial charge in [-0.25, -0.2) is 8.42 Å². The van der Waals surface area contributed by atoms with Crippen molar-refractivity contribution >= 4 is 9.84 Å². The van der Waals surface area contributed by atoms with Crippen molar-refractivity contribution in [3.05, 3.63) is 29.8 Å². The molecule has 0 bridgehead atoms. The minimum Gasteiger partial charge on any atom is -0.223 e. The summed E-state index contributed by atoms with van der Waals surface area (Å²) in [6, 6.07) is 8.27. The number of nitriles is 1. The Bertz CT molecular complexity index is 739. The number of hydrogen-bond acceptors (Lipinski definition) is 5. The first-order chi connectivity index (χ1) is 10.1. The second kappa shape index (κ2) is 5.17. The van der Waals surface area contributed by atoms with E-state index in [9.17, 15) is 13.7 Å². The molecule has 0 fully saturated rings. The molecule has 1 aliphatic heterocycles. The number of benzene rings is 1. The standard InChI is InChI=1S/C16H21N3O2S/c1-11-6-8-13(9-7-11)22(20,21)14-12(2)18-19-16(14,10-17)15(3,4)5/h6-9,12,14H,1-5H3/t12-,14-,16-/m0/s1. The fourth-order valence-corrected chi connectivity index (χ4v) is 5.12. The lowest BCUT2D eigenvalue weighted by Crippen LogP contribution is -2.54. The van der Waals surface area contributed by atoms with Crippen molar-refractivity contribution in [1.29, 1.82) is 5.26 Å². The molecule has 0 radical (unpaired) electrons. The second-order valence-corrected chi connectivity index (χ2v) is 8.93. The zero-order chi connectivity index (χ0) is 16.8. The van der Waals surface area contributed by atoms with E-state index in [0.29, 0.717) is 0 Å². The van der Waals surface area contributed by atoms with Crippen molar-refractivity contribution in [3.8, 4) is 6.07 Å². The average molecular weight is 319 g/mol. The van der Waals surface area contributed by atoms with E-state index < -0.39 is 32.1 Å². The van der Waals surface area contributed by atoms with Crippen LogP contribution in [0.15, 0.2) is 39.4 Å². The molecule has 0 saturated heterocycles. The summed E-state index contributed by atoms with van der Waals surface area (Å²) < 4.78 is 26.2. The van der Waals surface area contributed by atoms with Crippen LogP contribution in [-0.4, -0.2) is 25.2 Å². The number of aryl methyl sites for hydroxylation is 1. The summed E-state index contributed by atoms with van der Waals surface area (Å²) in [4.78, 5) is 0.214. The minimum absolute atomic E-state index is 0.214. The van der Waals surface area contributed by atoms with Crippen LogP contribution in [0.4, 0.5) is 0 Å². The van der Waals surface area contributed by atoms with Gasteiger partial charge in [-0.15, -0.1) is 0 Å². The fourth-order valence-electron chi connectivity index (χ4n) is 2.84. The normalized spacial score (nSPS) is 28.5. The van der Waals surface area contributed by atoms with Crippen LogP contribution in [0.3, 0.4) is 0 Å². The molecule has 0 aromatic heterocycles. The van der Waals surface area contributed by atoms with Gasteiger partial charge in [0.15, 0.2) is 15.4 Å². The van der Waals surface area contributed by atoms with Gasteiger partial charge in [0, 0.05) is 5.41 Å². The Hall–Kier alpha value is -1.74. The predicted octanol–water partition coefficient (Wildman–Crippen LogP) is 3.30. The molecule has 1 aliphatic rings. The van der Waals surface area contributed by atoms with Gasteiger partial charge < -0.3 is 0 Å². The van der Waals surface area contributed by atoms with Gasteiger partial charge in [0.2, 0.25) is 0 Å². The zero-order valence-electron chi connectivity index (χ0n) is 13.5. The van der Waals surface area contributed by atoms with E-state index in [1.165, 1.54) is 0 Å². The lowest BCUT2D eigenvalue weighted by molar-refractivity contribution is 0.249. The van der Waals surface area contributed by atoms with Crippen LogP contribution in [0.25, 0.3) is 0 Å². The summed E-state index contributed by atoms with van der Waals surface area (Å²) in [5, 5.41) is 16.9. The molecule has 1 aromatic carbocycles. The van der Waals surface area contributed by atoms with E-state index in [1.54, 1.807) is 31.2 Å². The highest BCUT2D eigenvalue weighted by Crippen LogP contribution is 2.46. The number of rotatable bonds is 2. The van der Waals surface area contributed by atoms with E-state index in [4.69, 9.17) is 0 Å². The third-order valence-corrected chi connectivity index (χ3v) is 6.58. The number of hydrogen-bond donors (Lipinski definition) is 0. The SMILES string of the molecule is Cc1ccc(S(=O)(=O)[C@H]2[C@H](C)N=N[C@]2(C#N)C(C)(C)C)cc1. The highest BCUT2D eigenvalue weighted by atomic mass is 32.2. The zero-order valence-corrected chi connectivity index (χ0v) is 14.3. The molecule has 0 N–H and O–H groups in total. The van der Waals surface area contributed by atoms with Crippen molar-refractivity contribution in [2.45, 2.75) is 56.3 Å². The summed E-state index contributed by atoms with van der Waals surface area (Å²) in [7, 11) is -3.72. The molecular weight excluding hydrogens is 298 g/mol. The third kappa shape index (κ3) is 2.34. The summed E-state index contributed by atoms with van der Waals surface area (Å²) in [5.74, 6) is 0. The van der Waals surface area contributed by atoms with Gasteiger partial charge in [0.05, 0.1) is 17.0 Å². The Morgan fingerprint density at radius 1 is 1.23 bits per heavy atom. The molecule has 3 atom stereocenters. The molecule has 22 heavy (non-hydrogen) atoms. The van der Waals surface area contributed by atoms with Crippen molar-refractivity contribution < 1.29 is 8.42 Å². The molecule has 1 aromatic rings. The Balaban J connectivity index is 2.63. The van der Waals surface area contributed by atoms with Crippen LogP contribution in [-0.2, 0) is 9.84 Å². The Labute approximate surface area is 132 Å². The summed E-state index contributed by atoms with van der Waals surface area (Å²) in [6.07, 6.45) is 0. The maximum atomic E-state index is 13.1. The number of sulfone groups is 1. The van der Waals surface area contributed by atoms with E-state index >= 15 is 0 Å². The maximum absolute atomic E-state index is 13.1. The van der Waals surface area contributed by atoms with Gasteiger partial charge in [-0.2, -0.15) is 15.5 Å². The molecular formula is C16H21N3O2S. The molecule has 6 heteroatoms. The smallest absolute Gasteiger partial charge is 0.191 e. The van der Waals surface area contributed by atoms with Gasteiger partial charge in [-0.3, -0.25) is 0 Å². The Morgan fingerprint density at radius 3 is 2.23 bits per heavy atom. The highest BCUT2D eigenvalue weighted by Gasteiger charge is 2.60. The molecule has 0 spiro atoms. The van der Waals surface area contributed by atoms with Crippen molar-refractivity contribution in [2.75, 3.05) is 0 Å². The van der Waals surface area contributed by atoms with Gasteiger partial charge in [0.1, 0.15) is 5.25 Å². The van der Waals surface area contributed by atoms with E-state index in [-0.39, 0.29) is 4.90 Å². The van der Waals surface area contributed by atoms with E-state index in [2.05, 4.69) is 16.3 Å². The summed E-state index contributed by atoms with van der Waals surface area (Å²) >= 11 is 0. The van der Waals surface area contributed by atoms with Gasteiger partial charge in [0.25, 0.3) is 0 Å². The largest absolute Gasteiger partial charge is 0.223 e. The van der Waals surface area contributed by atoms with Crippen molar-refractivity contribution in [2.24, 2.45) is 15.6 Å².